The van der Waals surface area contributed by atoms with Crippen molar-refractivity contribution in [1.82, 2.24) is 9.97 Å². The van der Waals surface area contributed by atoms with Crippen molar-refractivity contribution in [2.45, 2.75) is 20.0 Å². The Bertz CT molecular complexity index is 780. The van der Waals surface area contributed by atoms with Gasteiger partial charge >= 0.3 is 0 Å². The molecule has 3 aromatic rings. The van der Waals surface area contributed by atoms with Crippen LogP contribution >= 0.6 is 11.3 Å². The summed E-state index contributed by atoms with van der Waals surface area (Å²) in [7, 11) is 0. The van der Waals surface area contributed by atoms with Crippen LogP contribution in [-0.4, -0.2) is 16.5 Å². The van der Waals surface area contributed by atoms with Gasteiger partial charge in [-0.3, -0.25) is 4.79 Å². The number of H-pyrrole nitrogens is 1. The predicted molar refractivity (Wildman–Crippen MR) is 85.6 cm³/mol. The molecule has 0 spiro atoms. The number of rotatable bonds is 5. The normalized spacial score (nSPS) is 12.6. The molecule has 0 aliphatic rings. The highest BCUT2D eigenvalue weighted by Crippen LogP contribution is 2.07. The van der Waals surface area contributed by atoms with Crippen molar-refractivity contribution in [3.05, 3.63) is 62.8 Å². The lowest BCUT2D eigenvalue weighted by molar-refractivity contribution is -0.926. The lowest BCUT2D eigenvalue weighted by atomic mass is 10.2. The van der Waals surface area contributed by atoms with Crippen LogP contribution in [0.2, 0.25) is 0 Å². The highest BCUT2D eigenvalue weighted by Gasteiger charge is 2.12. The van der Waals surface area contributed by atoms with E-state index >= 15 is 0 Å². The van der Waals surface area contributed by atoms with Gasteiger partial charge in [-0.2, -0.15) is 0 Å². The molecule has 3 rings (SSSR count). The molecule has 0 amide bonds. The van der Waals surface area contributed by atoms with Gasteiger partial charge in [-0.25, -0.2) is 4.98 Å². The van der Waals surface area contributed by atoms with Crippen LogP contribution in [0.3, 0.4) is 0 Å². The second-order valence-electron chi connectivity index (χ2n) is 5.07. The lowest BCUT2D eigenvalue weighted by Gasteiger charge is -2.16. The number of hydrogen-bond donors (Lipinski definition) is 2. The first-order valence-electron chi connectivity index (χ1n) is 7.10. The molecule has 4 nitrogen and oxygen atoms in total. The minimum atomic E-state index is -0.0535. The standard InChI is InChI=1S/C16H17N3OS/c1-2-19(10-12-6-5-9-21-12)11-15-17-14-8-4-3-7-13(14)16(20)18-15/h3-9H,2,10-11H2,1H3,(H,17,18,20)/p+1. The minimum Gasteiger partial charge on any atom is -0.324 e. The maximum absolute atomic E-state index is 12.1. The first-order chi connectivity index (χ1) is 10.3. The molecule has 0 saturated carbocycles. The number of benzene rings is 1. The molecule has 2 aromatic heterocycles. The van der Waals surface area contributed by atoms with Gasteiger partial charge in [-0.05, 0) is 30.5 Å². The second-order valence-corrected chi connectivity index (χ2v) is 6.10. The van der Waals surface area contributed by atoms with Gasteiger partial charge in [0.05, 0.1) is 22.3 Å². The lowest BCUT2D eigenvalue weighted by Crippen LogP contribution is -3.09. The average Bonchev–Trinajstić information content (AvgIpc) is 2.99. The van der Waals surface area contributed by atoms with E-state index in [0.717, 1.165) is 31.0 Å². The number of para-hydroxylation sites is 1. The Balaban J connectivity index is 1.84. The Morgan fingerprint density at radius 1 is 1.19 bits per heavy atom. The van der Waals surface area contributed by atoms with Crippen molar-refractivity contribution in [2.75, 3.05) is 6.54 Å². The van der Waals surface area contributed by atoms with Crippen LogP contribution in [0.25, 0.3) is 10.9 Å². The third-order valence-electron chi connectivity index (χ3n) is 3.58. The van der Waals surface area contributed by atoms with Crippen LogP contribution in [0, 0.1) is 0 Å². The van der Waals surface area contributed by atoms with Gasteiger partial charge in [0.15, 0.2) is 5.82 Å². The van der Waals surface area contributed by atoms with Gasteiger partial charge in [0.25, 0.3) is 5.56 Å². The highest BCUT2D eigenvalue weighted by molar-refractivity contribution is 7.09. The fraction of sp³-hybridized carbons (Fsp3) is 0.250. The molecular weight excluding hydrogens is 282 g/mol. The maximum atomic E-state index is 12.1. The van der Waals surface area contributed by atoms with E-state index in [1.807, 2.05) is 18.2 Å². The summed E-state index contributed by atoms with van der Waals surface area (Å²) in [5.74, 6) is 0.757. The summed E-state index contributed by atoms with van der Waals surface area (Å²) in [6.07, 6.45) is 0. The van der Waals surface area contributed by atoms with Crippen molar-refractivity contribution >= 4 is 22.2 Å². The highest BCUT2D eigenvalue weighted by atomic mass is 32.1. The Morgan fingerprint density at radius 3 is 2.81 bits per heavy atom. The van der Waals surface area contributed by atoms with E-state index in [1.54, 1.807) is 17.4 Å². The van der Waals surface area contributed by atoms with Crippen LogP contribution in [0.15, 0.2) is 46.6 Å². The molecule has 2 heterocycles. The number of fused-ring (bicyclic) bond motifs is 1. The zero-order valence-corrected chi connectivity index (χ0v) is 12.7. The Hall–Kier alpha value is -1.98. The Morgan fingerprint density at radius 2 is 2.05 bits per heavy atom. The largest absolute Gasteiger partial charge is 0.324 e. The van der Waals surface area contributed by atoms with Crippen molar-refractivity contribution in [3.63, 3.8) is 0 Å². The Labute approximate surface area is 127 Å². The van der Waals surface area contributed by atoms with Crippen LogP contribution in [-0.2, 0) is 13.1 Å². The van der Waals surface area contributed by atoms with Crippen molar-refractivity contribution in [3.8, 4) is 0 Å². The Kier molecular flexibility index (Phi) is 4.13. The average molecular weight is 300 g/mol. The summed E-state index contributed by atoms with van der Waals surface area (Å²) in [4.78, 5) is 22.3. The molecule has 0 aliphatic carbocycles. The van der Waals surface area contributed by atoms with E-state index in [4.69, 9.17) is 0 Å². The summed E-state index contributed by atoms with van der Waals surface area (Å²) in [5.41, 5.74) is 0.713. The van der Waals surface area contributed by atoms with Crippen LogP contribution in [0.1, 0.15) is 17.6 Å². The van der Waals surface area contributed by atoms with Crippen molar-refractivity contribution in [1.29, 1.82) is 0 Å². The molecular formula is C16H18N3OS+. The van der Waals surface area contributed by atoms with Gasteiger partial charge in [0, 0.05) is 0 Å². The maximum Gasteiger partial charge on any atom is 0.258 e. The number of thiophene rings is 1. The zero-order valence-electron chi connectivity index (χ0n) is 11.9. The van der Waals surface area contributed by atoms with Crippen LogP contribution < -0.4 is 10.5 Å². The molecule has 21 heavy (non-hydrogen) atoms. The van der Waals surface area contributed by atoms with Gasteiger partial charge < -0.3 is 9.88 Å². The summed E-state index contributed by atoms with van der Waals surface area (Å²) in [5, 5.41) is 2.75. The van der Waals surface area contributed by atoms with Crippen LogP contribution in [0.5, 0.6) is 0 Å². The van der Waals surface area contributed by atoms with E-state index < -0.39 is 0 Å². The third kappa shape index (κ3) is 3.20. The number of aromatic nitrogens is 2. The van der Waals surface area contributed by atoms with E-state index in [0.29, 0.717) is 5.39 Å². The fourth-order valence-electron chi connectivity index (χ4n) is 2.43. The summed E-state index contributed by atoms with van der Waals surface area (Å²) < 4.78 is 0. The summed E-state index contributed by atoms with van der Waals surface area (Å²) in [6, 6.07) is 11.7. The number of nitrogens with one attached hydrogen (secondary N) is 2. The topological polar surface area (TPSA) is 50.2 Å². The van der Waals surface area contributed by atoms with Gasteiger partial charge in [0.1, 0.15) is 13.1 Å². The molecule has 108 valence electrons. The molecule has 1 atom stereocenters. The molecule has 0 radical (unpaired) electrons. The van der Waals surface area contributed by atoms with Crippen LogP contribution in [0.4, 0.5) is 0 Å². The monoisotopic (exact) mass is 300 g/mol. The number of quaternary nitrogens is 1. The number of hydrogen-bond acceptors (Lipinski definition) is 3. The summed E-state index contributed by atoms with van der Waals surface area (Å²) in [6.45, 7) is 4.84. The molecule has 5 heteroatoms. The first kappa shape index (κ1) is 14.0. The SMILES string of the molecule is CC[NH+](Cc1nc2ccccc2c(=O)[nH]1)Cc1cccs1. The van der Waals surface area contributed by atoms with E-state index in [1.165, 1.54) is 9.78 Å². The van der Waals surface area contributed by atoms with E-state index in [2.05, 4.69) is 34.4 Å². The number of nitrogens with zero attached hydrogens (tertiary/aromatic N) is 1. The van der Waals surface area contributed by atoms with Gasteiger partial charge in [0.2, 0.25) is 0 Å². The fourth-order valence-corrected chi connectivity index (χ4v) is 3.20. The molecule has 0 bridgehead atoms. The third-order valence-corrected chi connectivity index (χ3v) is 4.46. The van der Waals surface area contributed by atoms with Crippen molar-refractivity contribution < 1.29 is 4.90 Å². The van der Waals surface area contributed by atoms with Gasteiger partial charge in [-0.15, -0.1) is 11.3 Å². The predicted octanol–water partition coefficient (Wildman–Crippen LogP) is 1.59. The second kappa shape index (κ2) is 6.20. The minimum absolute atomic E-state index is 0.0535. The van der Waals surface area contributed by atoms with E-state index in [-0.39, 0.29) is 5.56 Å². The smallest absolute Gasteiger partial charge is 0.258 e. The first-order valence-corrected chi connectivity index (χ1v) is 7.98. The van der Waals surface area contributed by atoms with Crippen molar-refractivity contribution in [2.24, 2.45) is 0 Å². The molecule has 0 aliphatic heterocycles. The molecule has 1 aromatic carbocycles. The quantitative estimate of drug-likeness (QED) is 0.752. The molecule has 0 saturated heterocycles. The van der Waals surface area contributed by atoms with E-state index in [9.17, 15) is 4.79 Å². The molecule has 1 unspecified atom stereocenters. The molecule has 2 N–H and O–H groups in total. The van der Waals surface area contributed by atoms with Gasteiger partial charge in [-0.1, -0.05) is 18.2 Å². The summed E-state index contributed by atoms with van der Waals surface area (Å²) >= 11 is 1.77. The number of aromatic amines is 1. The molecule has 0 fully saturated rings. The zero-order chi connectivity index (χ0) is 14.7.